The lowest BCUT2D eigenvalue weighted by molar-refractivity contribution is -0.139. The van der Waals surface area contributed by atoms with Gasteiger partial charge >= 0.3 is 5.97 Å². The van der Waals surface area contributed by atoms with Crippen molar-refractivity contribution in [1.29, 1.82) is 0 Å². The third-order valence-corrected chi connectivity index (χ3v) is 7.07. The van der Waals surface area contributed by atoms with Gasteiger partial charge in [0.25, 0.3) is 0 Å². The summed E-state index contributed by atoms with van der Waals surface area (Å²) < 4.78 is 15.6. The van der Waals surface area contributed by atoms with E-state index in [2.05, 4.69) is 42.7 Å². The first-order valence-electron chi connectivity index (χ1n) is 13.6. The number of nitrogens with zero attached hydrogens (tertiary/aromatic N) is 1. The highest BCUT2D eigenvalue weighted by Gasteiger charge is 2.34. The van der Waals surface area contributed by atoms with Crippen LogP contribution in [0.4, 0.5) is 4.39 Å². The van der Waals surface area contributed by atoms with Crippen molar-refractivity contribution in [2.24, 2.45) is 5.73 Å². The lowest BCUT2D eigenvalue weighted by Crippen LogP contribution is -2.19. The van der Waals surface area contributed by atoms with Crippen LogP contribution in [0.2, 0.25) is 0 Å². The number of fused-ring (bicyclic) bond motifs is 1. The van der Waals surface area contributed by atoms with Gasteiger partial charge in [-0.1, -0.05) is 66.7 Å². The molecule has 0 radical (unpaired) electrons. The Balaban J connectivity index is 0.000000307. The zero-order valence-electron chi connectivity index (χ0n) is 22.8. The number of benzene rings is 3. The maximum atomic E-state index is 13.5. The van der Waals surface area contributed by atoms with E-state index in [1.165, 1.54) is 24.1 Å². The molecule has 0 saturated heterocycles. The van der Waals surface area contributed by atoms with Gasteiger partial charge in [-0.3, -0.25) is 4.79 Å². The fourth-order valence-corrected chi connectivity index (χ4v) is 5.07. The van der Waals surface area contributed by atoms with Gasteiger partial charge in [-0.15, -0.1) is 0 Å². The molecule has 0 spiro atoms. The smallest absolute Gasteiger partial charge is 0.305 e. The summed E-state index contributed by atoms with van der Waals surface area (Å²) >= 11 is 0. The monoisotopic (exact) mass is 544 g/mol. The van der Waals surface area contributed by atoms with Gasteiger partial charge < -0.3 is 25.6 Å². The molecule has 7 heteroatoms. The highest BCUT2D eigenvalue weighted by Crippen LogP contribution is 2.39. The van der Waals surface area contributed by atoms with E-state index in [-0.39, 0.29) is 18.3 Å². The Morgan fingerprint density at radius 1 is 1.02 bits per heavy atom. The third-order valence-electron chi connectivity index (χ3n) is 7.07. The van der Waals surface area contributed by atoms with Gasteiger partial charge in [0.05, 0.1) is 18.6 Å². The van der Waals surface area contributed by atoms with Crippen LogP contribution < -0.4 is 5.73 Å². The number of carboxylic acids is 1. The molecule has 4 aromatic rings. The van der Waals surface area contributed by atoms with Crippen LogP contribution in [0, 0.1) is 5.82 Å². The SMILES string of the molecule is CC(C)n1c(/C=C/[C@H](O)C[C@H](O)CC(=O)O)c(-c2ccc(F)cc2)c2ccccc21.N[C@@H]1C[C@H]1c1ccccc1. The van der Waals surface area contributed by atoms with Gasteiger partial charge in [0.1, 0.15) is 5.82 Å². The van der Waals surface area contributed by atoms with E-state index >= 15 is 0 Å². The van der Waals surface area contributed by atoms with Gasteiger partial charge in [0.2, 0.25) is 0 Å². The Morgan fingerprint density at radius 2 is 1.65 bits per heavy atom. The lowest BCUT2D eigenvalue weighted by atomic mass is 10.0. The number of halogens is 1. The molecule has 1 fully saturated rings. The van der Waals surface area contributed by atoms with Crippen LogP contribution in [0.15, 0.2) is 84.9 Å². The summed E-state index contributed by atoms with van der Waals surface area (Å²) in [5.74, 6) is -0.773. The predicted molar refractivity (Wildman–Crippen MR) is 157 cm³/mol. The van der Waals surface area contributed by atoms with Crippen molar-refractivity contribution in [3.63, 3.8) is 0 Å². The largest absolute Gasteiger partial charge is 0.481 e. The van der Waals surface area contributed by atoms with Crippen LogP contribution in [0.25, 0.3) is 28.1 Å². The molecule has 1 aliphatic carbocycles. The molecule has 0 bridgehead atoms. The second-order valence-corrected chi connectivity index (χ2v) is 10.6. The van der Waals surface area contributed by atoms with E-state index in [4.69, 9.17) is 10.8 Å². The fourth-order valence-electron chi connectivity index (χ4n) is 5.07. The van der Waals surface area contributed by atoms with Crippen LogP contribution in [0.5, 0.6) is 0 Å². The molecule has 40 heavy (non-hydrogen) atoms. The summed E-state index contributed by atoms with van der Waals surface area (Å²) in [6.07, 6.45) is 1.90. The molecular formula is C33H37FN2O4. The minimum Gasteiger partial charge on any atom is -0.481 e. The topological polar surface area (TPSA) is 109 Å². The minimum absolute atomic E-state index is 0.0728. The maximum Gasteiger partial charge on any atom is 0.305 e. The lowest BCUT2D eigenvalue weighted by Gasteiger charge is -2.15. The van der Waals surface area contributed by atoms with Gasteiger partial charge in [-0.2, -0.15) is 0 Å². The maximum absolute atomic E-state index is 13.5. The average molecular weight is 545 g/mol. The van der Waals surface area contributed by atoms with Crippen molar-refractivity contribution >= 4 is 22.9 Å². The van der Waals surface area contributed by atoms with Gasteiger partial charge in [-0.05, 0) is 55.7 Å². The van der Waals surface area contributed by atoms with E-state index in [0.29, 0.717) is 12.0 Å². The Labute approximate surface area is 234 Å². The van der Waals surface area contributed by atoms with Crippen LogP contribution in [-0.2, 0) is 4.79 Å². The molecule has 1 aliphatic rings. The molecule has 1 aromatic heterocycles. The van der Waals surface area contributed by atoms with E-state index in [1.54, 1.807) is 24.3 Å². The van der Waals surface area contributed by atoms with Crippen LogP contribution >= 0.6 is 0 Å². The van der Waals surface area contributed by atoms with Crippen LogP contribution in [0.3, 0.4) is 0 Å². The van der Waals surface area contributed by atoms with Crippen molar-refractivity contribution in [3.05, 3.63) is 102 Å². The Hall–Kier alpha value is -3.78. The number of rotatable bonds is 9. The second kappa shape index (κ2) is 13.0. The first-order valence-corrected chi connectivity index (χ1v) is 13.6. The first kappa shape index (κ1) is 29.2. The number of aliphatic hydroxyl groups is 2. The number of para-hydroxylation sites is 1. The third kappa shape index (κ3) is 7.24. The van der Waals surface area contributed by atoms with E-state index in [0.717, 1.165) is 27.7 Å². The van der Waals surface area contributed by atoms with Gasteiger partial charge in [0, 0.05) is 46.6 Å². The average Bonchev–Trinajstić information content (AvgIpc) is 3.55. The van der Waals surface area contributed by atoms with Crippen LogP contribution in [-0.4, -0.2) is 44.1 Å². The number of carbonyl (C=O) groups is 1. The Morgan fingerprint density at radius 3 is 2.25 bits per heavy atom. The van der Waals surface area contributed by atoms with Crippen molar-refractivity contribution < 1.29 is 24.5 Å². The van der Waals surface area contributed by atoms with Crippen molar-refractivity contribution in [2.45, 2.75) is 63.3 Å². The Kier molecular flexibility index (Phi) is 9.53. The van der Waals surface area contributed by atoms with Crippen LogP contribution in [0.1, 0.15) is 56.3 Å². The molecule has 6 nitrogen and oxygen atoms in total. The highest BCUT2D eigenvalue weighted by atomic mass is 19.1. The molecule has 1 heterocycles. The number of aliphatic carboxylic acids is 1. The molecule has 3 aromatic carbocycles. The molecule has 5 N–H and O–H groups in total. The summed E-state index contributed by atoms with van der Waals surface area (Å²) in [6, 6.07) is 25.3. The van der Waals surface area contributed by atoms with Crippen molar-refractivity contribution in [2.75, 3.05) is 0 Å². The predicted octanol–water partition coefficient (Wildman–Crippen LogP) is 6.13. The van der Waals surface area contributed by atoms with E-state index in [9.17, 15) is 19.4 Å². The molecule has 0 aliphatic heterocycles. The zero-order valence-corrected chi connectivity index (χ0v) is 22.8. The van der Waals surface area contributed by atoms with Gasteiger partial charge in [-0.25, -0.2) is 4.39 Å². The zero-order chi connectivity index (χ0) is 28.8. The normalized spacial score (nSPS) is 18.0. The number of aromatic nitrogens is 1. The standard InChI is InChI=1S/C24H26FNO4.C9H11N/c1-15(2)26-21-6-4-3-5-20(21)24(16-7-9-17(25)10-8-16)22(26)12-11-18(27)13-19(28)14-23(29)30;10-9-6-8(9)7-4-2-1-3-5-7/h3-12,15,18-19,27-28H,13-14H2,1-2H3,(H,29,30);1-5,8-9H,6,10H2/b12-11+;/t18-,19-;8-,9+/m00/s1. The van der Waals surface area contributed by atoms with Gasteiger partial charge in [0.15, 0.2) is 0 Å². The second-order valence-electron chi connectivity index (χ2n) is 10.6. The van der Waals surface area contributed by atoms with E-state index < -0.39 is 24.6 Å². The number of hydrogen-bond acceptors (Lipinski definition) is 4. The Bertz CT molecular complexity index is 1450. The molecule has 1 saturated carbocycles. The first-order chi connectivity index (χ1) is 19.2. The summed E-state index contributed by atoms with van der Waals surface area (Å²) in [5.41, 5.74) is 10.7. The molecular weight excluding hydrogens is 507 g/mol. The quantitative estimate of drug-likeness (QED) is 0.203. The van der Waals surface area contributed by atoms with E-state index in [1.807, 2.05) is 30.3 Å². The number of carboxylic acid groups (broad SMARTS) is 1. The summed E-state index contributed by atoms with van der Waals surface area (Å²) in [4.78, 5) is 10.7. The fraction of sp³-hybridized carbons (Fsp3) is 0.303. The number of nitrogens with two attached hydrogens (primary N) is 1. The number of hydrogen-bond donors (Lipinski definition) is 4. The summed E-state index contributed by atoms with van der Waals surface area (Å²) in [7, 11) is 0. The summed E-state index contributed by atoms with van der Waals surface area (Å²) in [5, 5.41) is 29.9. The molecule has 210 valence electrons. The highest BCUT2D eigenvalue weighted by molar-refractivity contribution is 6.01. The van der Waals surface area contributed by atoms with Crippen molar-refractivity contribution in [3.8, 4) is 11.1 Å². The molecule has 0 unspecified atom stereocenters. The molecule has 4 atom stereocenters. The number of aliphatic hydroxyl groups excluding tert-OH is 2. The molecule has 0 amide bonds. The summed E-state index contributed by atoms with van der Waals surface area (Å²) in [6.45, 7) is 4.12. The minimum atomic E-state index is -1.13. The molecule has 5 rings (SSSR count). The van der Waals surface area contributed by atoms with Crippen molar-refractivity contribution in [1.82, 2.24) is 4.57 Å².